The quantitative estimate of drug-likeness (QED) is 0.394. The van der Waals surface area contributed by atoms with Crippen LogP contribution in [0.2, 0.25) is 0 Å². The summed E-state index contributed by atoms with van der Waals surface area (Å²) in [6.07, 6.45) is 8.63. The summed E-state index contributed by atoms with van der Waals surface area (Å²) in [7, 11) is 1.57. The predicted octanol–water partition coefficient (Wildman–Crippen LogP) is 3.47. The van der Waals surface area contributed by atoms with E-state index in [-0.39, 0.29) is 5.78 Å². The van der Waals surface area contributed by atoms with Crippen LogP contribution in [0.4, 0.5) is 11.5 Å². The van der Waals surface area contributed by atoms with Crippen LogP contribution in [-0.2, 0) is 4.79 Å². The Hall–Kier alpha value is -3.63. The van der Waals surface area contributed by atoms with Crippen LogP contribution in [0.25, 0.3) is 10.9 Å². The Bertz CT molecular complexity index is 1080. The fourth-order valence-corrected chi connectivity index (χ4v) is 2.94. The molecular weight excluding hydrogens is 382 g/mol. The average Bonchev–Trinajstić information content (AvgIpc) is 2.78. The molecule has 2 aromatic carbocycles. The van der Waals surface area contributed by atoms with Crippen molar-refractivity contribution in [2.75, 3.05) is 25.6 Å². The number of methoxy groups -OCH3 is 1. The number of hydrogen-bond donors (Lipinski definition) is 2. The van der Waals surface area contributed by atoms with E-state index in [0.717, 1.165) is 16.6 Å². The van der Waals surface area contributed by atoms with Crippen molar-refractivity contribution >= 4 is 28.2 Å². The van der Waals surface area contributed by atoms with Gasteiger partial charge in [0.1, 0.15) is 18.8 Å². The lowest BCUT2D eigenvalue weighted by Crippen LogP contribution is -2.05. The van der Waals surface area contributed by atoms with Gasteiger partial charge in [-0.3, -0.25) is 4.79 Å². The number of hydrogen-bond acceptors (Lipinski definition) is 7. The maximum Gasteiger partial charge on any atom is 0.162 e. The lowest BCUT2D eigenvalue weighted by molar-refractivity contribution is -0.121. The number of benzene rings is 2. The van der Waals surface area contributed by atoms with Gasteiger partial charge in [0.25, 0.3) is 0 Å². The number of carbonyl (C=O) groups is 1. The molecule has 7 heteroatoms. The molecule has 0 spiro atoms. The summed E-state index contributed by atoms with van der Waals surface area (Å²) in [6.45, 7) is 0.000619. The zero-order valence-corrected chi connectivity index (χ0v) is 16.7. The van der Waals surface area contributed by atoms with Gasteiger partial charge in [-0.2, -0.15) is 0 Å². The first kappa shape index (κ1) is 21.1. The molecule has 3 rings (SSSR count). The van der Waals surface area contributed by atoms with Crippen molar-refractivity contribution in [1.29, 1.82) is 0 Å². The number of nitrogens with zero attached hydrogens (tertiary/aromatic N) is 2. The fourth-order valence-electron chi connectivity index (χ4n) is 2.94. The Balaban J connectivity index is 1.81. The number of fused-ring (bicyclic) bond motifs is 1. The molecule has 30 heavy (non-hydrogen) atoms. The molecule has 0 fully saturated rings. The Morgan fingerprint density at radius 3 is 2.83 bits per heavy atom. The zero-order valence-electron chi connectivity index (χ0n) is 16.7. The normalized spacial score (nSPS) is 10.4. The molecule has 1 aromatic heterocycles. The van der Waals surface area contributed by atoms with Crippen molar-refractivity contribution in [3.05, 3.63) is 48.3 Å². The van der Waals surface area contributed by atoms with E-state index in [2.05, 4.69) is 21.2 Å². The van der Waals surface area contributed by atoms with Crippen molar-refractivity contribution < 1.29 is 19.4 Å². The van der Waals surface area contributed by atoms with E-state index in [4.69, 9.17) is 21.0 Å². The van der Waals surface area contributed by atoms with E-state index in [1.165, 1.54) is 6.33 Å². The number of Topliss-reactive ketones (excluding diaryl/α,β-unsaturated/α-hetero) is 1. The summed E-state index contributed by atoms with van der Waals surface area (Å²) in [5, 5.41) is 12.8. The van der Waals surface area contributed by atoms with Crippen LogP contribution in [0.15, 0.2) is 42.7 Å². The van der Waals surface area contributed by atoms with Gasteiger partial charge in [-0.1, -0.05) is 12.0 Å². The number of carbonyl (C=O) groups excluding carboxylic acids is 1. The minimum absolute atomic E-state index is 0.167. The lowest BCUT2D eigenvalue weighted by Gasteiger charge is -2.14. The zero-order chi connectivity index (χ0) is 21.3. The Labute approximate surface area is 175 Å². The van der Waals surface area contributed by atoms with Crippen LogP contribution in [0.1, 0.15) is 24.8 Å². The maximum atomic E-state index is 11.2. The van der Waals surface area contributed by atoms with Gasteiger partial charge in [0.2, 0.25) is 0 Å². The maximum absolute atomic E-state index is 11.2. The molecule has 0 aliphatic rings. The van der Waals surface area contributed by atoms with Crippen LogP contribution in [0.3, 0.4) is 0 Å². The number of ether oxygens (including phenoxy) is 2. The third-order valence-electron chi connectivity index (χ3n) is 4.50. The molecule has 7 nitrogen and oxygen atoms in total. The minimum Gasteiger partial charge on any atom is -0.493 e. The van der Waals surface area contributed by atoms with Gasteiger partial charge in [0.15, 0.2) is 17.3 Å². The standard InChI is InChI=1S/C23H23N3O4/c1-3-16-7-6-8-17(11-16)26-23-19-12-22(30-10-5-4-9-18(28)14-27)21(29-2)13-20(19)24-15-25-23/h1,6-8,11-13,15,27H,4-5,9-10,14H2,2H3,(H,24,25,26). The number of aromatic nitrogens is 2. The van der Waals surface area contributed by atoms with E-state index < -0.39 is 6.61 Å². The van der Waals surface area contributed by atoms with Crippen molar-refractivity contribution in [1.82, 2.24) is 9.97 Å². The number of unbranched alkanes of at least 4 members (excludes halogenated alkanes) is 1. The second kappa shape index (κ2) is 10.2. The average molecular weight is 405 g/mol. The molecule has 0 aliphatic carbocycles. The first-order valence-corrected chi connectivity index (χ1v) is 9.56. The molecule has 3 aromatic rings. The minimum atomic E-state index is -0.417. The van der Waals surface area contributed by atoms with Crippen molar-refractivity contribution in [2.24, 2.45) is 0 Å². The summed E-state index contributed by atoms with van der Waals surface area (Å²) < 4.78 is 11.3. The second-order valence-electron chi connectivity index (χ2n) is 6.59. The van der Waals surface area contributed by atoms with Gasteiger partial charge >= 0.3 is 0 Å². The molecule has 0 atom stereocenters. The van der Waals surface area contributed by atoms with E-state index in [1.54, 1.807) is 13.2 Å². The monoisotopic (exact) mass is 405 g/mol. The molecule has 0 saturated heterocycles. The van der Waals surface area contributed by atoms with Crippen LogP contribution in [0.5, 0.6) is 11.5 Å². The van der Waals surface area contributed by atoms with Gasteiger partial charge in [-0.05, 0) is 37.1 Å². The number of ketones is 1. The van der Waals surface area contributed by atoms with Gasteiger partial charge in [-0.15, -0.1) is 6.42 Å². The molecule has 1 heterocycles. The summed E-state index contributed by atoms with van der Waals surface area (Å²) in [6, 6.07) is 11.1. The molecule has 0 bridgehead atoms. The summed E-state index contributed by atoms with van der Waals surface area (Å²) in [4.78, 5) is 19.9. The largest absolute Gasteiger partial charge is 0.493 e. The molecule has 0 radical (unpaired) electrons. The Kier molecular flexibility index (Phi) is 7.19. The summed E-state index contributed by atoms with van der Waals surface area (Å²) in [5.41, 5.74) is 2.29. The highest BCUT2D eigenvalue weighted by molar-refractivity contribution is 5.93. The van der Waals surface area contributed by atoms with Crippen molar-refractivity contribution in [3.63, 3.8) is 0 Å². The van der Waals surface area contributed by atoms with Crippen LogP contribution < -0.4 is 14.8 Å². The number of anilines is 2. The number of nitrogens with one attached hydrogen (secondary N) is 1. The van der Waals surface area contributed by atoms with Gasteiger partial charge < -0.3 is 19.9 Å². The Morgan fingerprint density at radius 2 is 2.07 bits per heavy atom. The SMILES string of the molecule is C#Cc1cccc(Nc2ncnc3cc(OC)c(OCCCCC(=O)CO)cc23)c1. The number of aliphatic hydroxyl groups excluding tert-OH is 1. The Morgan fingerprint density at radius 1 is 1.20 bits per heavy atom. The predicted molar refractivity (Wildman–Crippen MR) is 115 cm³/mol. The fraction of sp³-hybridized carbons (Fsp3) is 0.261. The molecule has 2 N–H and O–H groups in total. The third kappa shape index (κ3) is 5.25. The van der Waals surface area contributed by atoms with E-state index in [0.29, 0.717) is 48.7 Å². The lowest BCUT2D eigenvalue weighted by atomic mass is 10.1. The van der Waals surface area contributed by atoms with Crippen molar-refractivity contribution in [3.8, 4) is 23.8 Å². The third-order valence-corrected chi connectivity index (χ3v) is 4.50. The van der Waals surface area contributed by atoms with Gasteiger partial charge in [-0.25, -0.2) is 9.97 Å². The topological polar surface area (TPSA) is 93.6 Å². The van der Waals surface area contributed by atoms with E-state index >= 15 is 0 Å². The van der Waals surface area contributed by atoms with Crippen LogP contribution >= 0.6 is 0 Å². The molecule has 0 unspecified atom stereocenters. The highest BCUT2D eigenvalue weighted by Crippen LogP contribution is 2.34. The second-order valence-corrected chi connectivity index (χ2v) is 6.59. The molecular formula is C23H23N3O4. The van der Waals surface area contributed by atoms with Crippen LogP contribution in [-0.4, -0.2) is 41.2 Å². The molecule has 0 saturated carbocycles. The molecule has 154 valence electrons. The number of aliphatic hydroxyl groups is 1. The number of rotatable bonds is 10. The van der Waals surface area contributed by atoms with Gasteiger partial charge in [0.05, 0.1) is 19.2 Å². The summed E-state index contributed by atoms with van der Waals surface area (Å²) in [5.74, 6) is 4.19. The van der Waals surface area contributed by atoms with Crippen LogP contribution in [0, 0.1) is 12.3 Å². The number of terminal acetylenes is 1. The summed E-state index contributed by atoms with van der Waals surface area (Å²) >= 11 is 0. The first-order chi connectivity index (χ1) is 14.6. The molecule has 0 amide bonds. The highest BCUT2D eigenvalue weighted by atomic mass is 16.5. The molecule has 0 aliphatic heterocycles. The van der Waals surface area contributed by atoms with Gasteiger partial charge in [0, 0.05) is 29.1 Å². The smallest absolute Gasteiger partial charge is 0.162 e. The van der Waals surface area contributed by atoms with E-state index in [9.17, 15) is 4.79 Å². The first-order valence-electron chi connectivity index (χ1n) is 9.56. The van der Waals surface area contributed by atoms with E-state index in [1.807, 2.05) is 30.3 Å². The van der Waals surface area contributed by atoms with Crippen molar-refractivity contribution in [2.45, 2.75) is 19.3 Å². The highest BCUT2D eigenvalue weighted by Gasteiger charge is 2.12.